The van der Waals surface area contributed by atoms with E-state index in [1.165, 1.54) is 6.92 Å². The van der Waals surface area contributed by atoms with Gasteiger partial charge in [0.1, 0.15) is 25.0 Å². The van der Waals surface area contributed by atoms with Crippen molar-refractivity contribution in [1.82, 2.24) is 10.6 Å². The lowest BCUT2D eigenvalue weighted by atomic mass is 10.1. The van der Waals surface area contributed by atoms with Crippen molar-refractivity contribution in [1.29, 1.82) is 0 Å². The minimum atomic E-state index is -1.24. The number of carboxylic acids is 1. The molecule has 8 nitrogen and oxygen atoms in total. The van der Waals surface area contributed by atoms with E-state index < -0.39 is 30.6 Å². The first-order valence-corrected chi connectivity index (χ1v) is 7.34. The molecule has 3 N–H and O–H groups in total. The van der Waals surface area contributed by atoms with Gasteiger partial charge in [-0.05, 0) is 18.9 Å². The molecule has 0 bridgehead atoms. The number of carbonyl (C=O) groups excluding carboxylic acids is 3. The minimum Gasteiger partial charge on any atom is -0.480 e. The number of carboxylic acid groups (broad SMARTS) is 1. The van der Waals surface area contributed by atoms with Gasteiger partial charge in [0.2, 0.25) is 5.91 Å². The summed E-state index contributed by atoms with van der Waals surface area (Å²) in [6.07, 6.45) is -0.747. The van der Waals surface area contributed by atoms with Gasteiger partial charge in [0.25, 0.3) is 0 Å². The summed E-state index contributed by atoms with van der Waals surface area (Å²) >= 11 is 0. The van der Waals surface area contributed by atoms with Crippen molar-refractivity contribution < 1.29 is 29.0 Å². The number of aliphatic carboxylic acids is 1. The van der Waals surface area contributed by atoms with Crippen LogP contribution in [-0.4, -0.2) is 41.4 Å². The van der Waals surface area contributed by atoms with Crippen LogP contribution in [-0.2, 0) is 25.7 Å². The molecule has 2 amide bonds. The Kier molecular flexibility index (Phi) is 7.97. The SMILES string of the molecule is CC(=O)CC[C@@H](NC(=O)CNC(=O)OCc1ccccc1)C(=O)O. The number of nitrogens with one attached hydrogen (secondary N) is 2. The van der Waals surface area contributed by atoms with E-state index in [-0.39, 0.29) is 25.2 Å². The molecule has 0 aliphatic carbocycles. The molecule has 0 aliphatic heterocycles. The second-order valence-corrected chi connectivity index (χ2v) is 5.11. The molecule has 1 aromatic carbocycles. The van der Waals surface area contributed by atoms with Crippen LogP contribution in [0.2, 0.25) is 0 Å². The number of amides is 2. The summed E-state index contributed by atoms with van der Waals surface area (Å²) in [5.74, 6) is -2.09. The predicted octanol–water partition coefficient (Wildman–Crippen LogP) is 0.851. The first kappa shape index (κ1) is 19.1. The largest absolute Gasteiger partial charge is 0.480 e. The Labute approximate surface area is 139 Å². The third-order valence-corrected chi connectivity index (χ3v) is 3.02. The van der Waals surface area contributed by atoms with Crippen molar-refractivity contribution in [2.24, 2.45) is 0 Å². The van der Waals surface area contributed by atoms with E-state index in [0.717, 1.165) is 5.56 Å². The molecule has 0 fully saturated rings. The molecule has 1 atom stereocenters. The number of carbonyl (C=O) groups is 4. The molecule has 0 aliphatic rings. The van der Waals surface area contributed by atoms with E-state index in [0.29, 0.717) is 0 Å². The summed E-state index contributed by atoms with van der Waals surface area (Å²) < 4.78 is 4.92. The zero-order valence-corrected chi connectivity index (χ0v) is 13.3. The molecule has 0 heterocycles. The third kappa shape index (κ3) is 7.92. The highest BCUT2D eigenvalue weighted by atomic mass is 16.5. The minimum absolute atomic E-state index is 0.00510. The Morgan fingerprint density at radius 3 is 2.42 bits per heavy atom. The molecule has 1 rings (SSSR count). The Morgan fingerprint density at radius 1 is 1.17 bits per heavy atom. The van der Waals surface area contributed by atoms with Crippen molar-refractivity contribution in [3.8, 4) is 0 Å². The summed E-state index contributed by atoms with van der Waals surface area (Å²) in [6.45, 7) is 0.979. The van der Waals surface area contributed by atoms with E-state index in [1.807, 2.05) is 6.07 Å². The van der Waals surface area contributed by atoms with E-state index in [2.05, 4.69) is 10.6 Å². The van der Waals surface area contributed by atoms with Crippen LogP contribution in [0, 0.1) is 0 Å². The van der Waals surface area contributed by atoms with Crippen LogP contribution in [0.3, 0.4) is 0 Å². The van der Waals surface area contributed by atoms with Gasteiger partial charge < -0.3 is 25.3 Å². The van der Waals surface area contributed by atoms with Crippen LogP contribution in [0.25, 0.3) is 0 Å². The van der Waals surface area contributed by atoms with Gasteiger partial charge in [0, 0.05) is 6.42 Å². The highest BCUT2D eigenvalue weighted by molar-refractivity contribution is 5.87. The van der Waals surface area contributed by atoms with Gasteiger partial charge in [0.05, 0.1) is 0 Å². The number of alkyl carbamates (subject to hydrolysis) is 1. The van der Waals surface area contributed by atoms with Gasteiger partial charge in [-0.2, -0.15) is 0 Å². The van der Waals surface area contributed by atoms with E-state index in [1.54, 1.807) is 24.3 Å². The average molecular weight is 336 g/mol. The molecule has 0 saturated heterocycles. The Hall–Kier alpha value is -2.90. The van der Waals surface area contributed by atoms with E-state index in [4.69, 9.17) is 9.84 Å². The molecule has 24 heavy (non-hydrogen) atoms. The van der Waals surface area contributed by atoms with Crippen molar-refractivity contribution >= 4 is 23.8 Å². The molecule has 8 heteroatoms. The maximum absolute atomic E-state index is 11.7. The summed E-state index contributed by atoms with van der Waals surface area (Å²) in [5, 5.41) is 13.5. The number of ether oxygens (including phenoxy) is 1. The van der Waals surface area contributed by atoms with Gasteiger partial charge in [-0.25, -0.2) is 9.59 Å². The van der Waals surface area contributed by atoms with Gasteiger partial charge in [-0.1, -0.05) is 30.3 Å². The van der Waals surface area contributed by atoms with Gasteiger partial charge in [0.15, 0.2) is 0 Å². The second kappa shape index (κ2) is 9.98. The molecular formula is C16H20N2O6. The fourth-order valence-electron chi connectivity index (χ4n) is 1.78. The van der Waals surface area contributed by atoms with Crippen LogP contribution in [0.5, 0.6) is 0 Å². The highest BCUT2D eigenvalue weighted by Crippen LogP contribution is 2.01. The normalized spacial score (nSPS) is 11.2. The van der Waals surface area contributed by atoms with Crippen molar-refractivity contribution in [3.05, 3.63) is 35.9 Å². The Bertz CT molecular complexity index is 587. The van der Waals surface area contributed by atoms with Crippen LogP contribution >= 0.6 is 0 Å². The molecule has 130 valence electrons. The predicted molar refractivity (Wildman–Crippen MR) is 84.1 cm³/mol. The fourth-order valence-corrected chi connectivity index (χ4v) is 1.78. The lowest BCUT2D eigenvalue weighted by Gasteiger charge is -2.14. The van der Waals surface area contributed by atoms with Crippen LogP contribution in [0.15, 0.2) is 30.3 Å². The summed E-state index contributed by atoms with van der Waals surface area (Å²) in [4.78, 5) is 45.0. The van der Waals surface area contributed by atoms with Crippen molar-refractivity contribution in [2.45, 2.75) is 32.4 Å². The molecule has 0 unspecified atom stereocenters. The lowest BCUT2D eigenvalue weighted by molar-refractivity contribution is -0.142. The number of hydrogen-bond acceptors (Lipinski definition) is 5. The zero-order valence-electron chi connectivity index (χ0n) is 13.3. The van der Waals surface area contributed by atoms with E-state index >= 15 is 0 Å². The summed E-state index contributed by atoms with van der Waals surface area (Å²) in [6, 6.07) is 7.83. The smallest absolute Gasteiger partial charge is 0.407 e. The van der Waals surface area contributed by atoms with Crippen molar-refractivity contribution in [2.75, 3.05) is 6.54 Å². The first-order valence-electron chi connectivity index (χ1n) is 7.34. The number of Topliss-reactive ketones (excluding diaryl/α,β-unsaturated/α-hetero) is 1. The molecular weight excluding hydrogens is 316 g/mol. The molecule has 0 saturated carbocycles. The number of hydrogen-bond donors (Lipinski definition) is 3. The number of rotatable bonds is 9. The van der Waals surface area contributed by atoms with Crippen molar-refractivity contribution in [3.63, 3.8) is 0 Å². The molecule has 0 radical (unpaired) electrons. The Morgan fingerprint density at radius 2 is 1.83 bits per heavy atom. The van der Waals surface area contributed by atoms with Gasteiger partial charge in [-0.15, -0.1) is 0 Å². The maximum atomic E-state index is 11.7. The first-order chi connectivity index (χ1) is 11.4. The highest BCUT2D eigenvalue weighted by Gasteiger charge is 2.20. The average Bonchev–Trinajstić information content (AvgIpc) is 2.55. The van der Waals surface area contributed by atoms with Crippen LogP contribution in [0.4, 0.5) is 4.79 Å². The maximum Gasteiger partial charge on any atom is 0.407 e. The standard InChI is InChI=1S/C16H20N2O6/c1-11(19)7-8-13(15(21)22)18-14(20)9-17-16(23)24-10-12-5-3-2-4-6-12/h2-6,13H,7-10H2,1H3,(H,17,23)(H,18,20)(H,21,22)/t13-/m1/s1. The number of benzene rings is 1. The zero-order chi connectivity index (χ0) is 17.9. The van der Waals surface area contributed by atoms with Crippen LogP contribution in [0.1, 0.15) is 25.3 Å². The molecule has 0 spiro atoms. The van der Waals surface area contributed by atoms with Crippen LogP contribution < -0.4 is 10.6 Å². The second-order valence-electron chi connectivity index (χ2n) is 5.11. The molecule has 1 aromatic rings. The topological polar surface area (TPSA) is 122 Å². The van der Waals surface area contributed by atoms with Gasteiger partial charge in [-0.3, -0.25) is 4.79 Å². The monoisotopic (exact) mass is 336 g/mol. The quantitative estimate of drug-likeness (QED) is 0.614. The fraction of sp³-hybridized carbons (Fsp3) is 0.375. The Balaban J connectivity index is 2.31. The summed E-state index contributed by atoms with van der Waals surface area (Å²) in [7, 11) is 0. The summed E-state index contributed by atoms with van der Waals surface area (Å²) in [5.41, 5.74) is 0.798. The molecule has 0 aromatic heterocycles. The number of ketones is 1. The third-order valence-electron chi connectivity index (χ3n) is 3.02. The van der Waals surface area contributed by atoms with E-state index in [9.17, 15) is 19.2 Å². The lowest BCUT2D eigenvalue weighted by Crippen LogP contribution is -2.45. The van der Waals surface area contributed by atoms with Gasteiger partial charge >= 0.3 is 12.1 Å².